The molecule has 0 unspecified atom stereocenters. The van der Waals surface area contributed by atoms with Gasteiger partial charge in [0.25, 0.3) is 0 Å². The molecule has 0 spiro atoms. The first kappa shape index (κ1) is 22.2. The molecule has 2 aromatic rings. The molecule has 0 saturated heterocycles. The van der Waals surface area contributed by atoms with Gasteiger partial charge in [0.15, 0.2) is 11.5 Å². The van der Waals surface area contributed by atoms with E-state index >= 15 is 0 Å². The van der Waals surface area contributed by atoms with Gasteiger partial charge in [-0.15, -0.1) is 0 Å². The summed E-state index contributed by atoms with van der Waals surface area (Å²) in [5.74, 6) is 1.07. The number of halogens is 2. The van der Waals surface area contributed by atoms with Crippen molar-refractivity contribution in [2.24, 2.45) is 0 Å². The van der Waals surface area contributed by atoms with Crippen molar-refractivity contribution in [3.05, 3.63) is 57.6 Å². The molecule has 2 amide bonds. The average molecular weight is 451 g/mol. The molecule has 3 rings (SSSR count). The molecule has 0 bridgehead atoms. The van der Waals surface area contributed by atoms with Crippen LogP contribution in [0.15, 0.2) is 36.4 Å². The van der Waals surface area contributed by atoms with Gasteiger partial charge in [0.2, 0.25) is 18.6 Å². The van der Waals surface area contributed by atoms with Gasteiger partial charge in [-0.25, -0.2) is 0 Å². The molecule has 0 saturated carbocycles. The maximum atomic E-state index is 13.2. The van der Waals surface area contributed by atoms with Gasteiger partial charge < -0.3 is 19.7 Å². The summed E-state index contributed by atoms with van der Waals surface area (Å²) in [5.41, 5.74) is 1.78. The second kappa shape index (κ2) is 10.0. The number of ether oxygens (including phenoxy) is 2. The van der Waals surface area contributed by atoms with Gasteiger partial charge in [-0.3, -0.25) is 9.59 Å². The van der Waals surface area contributed by atoms with Crippen LogP contribution in [-0.2, 0) is 22.6 Å². The molecule has 1 N–H and O–H groups in total. The van der Waals surface area contributed by atoms with E-state index in [4.69, 9.17) is 32.7 Å². The molecule has 0 aromatic heterocycles. The molecule has 1 aliphatic rings. The molecule has 1 atom stereocenters. The minimum absolute atomic E-state index is 0.116. The average Bonchev–Trinajstić information content (AvgIpc) is 3.22. The lowest BCUT2D eigenvalue weighted by atomic mass is 10.1. The van der Waals surface area contributed by atoms with E-state index in [1.165, 1.54) is 0 Å². The Morgan fingerprint density at radius 1 is 1.07 bits per heavy atom. The fraction of sp³-hybridized carbons (Fsp3) is 0.364. The van der Waals surface area contributed by atoms with E-state index < -0.39 is 6.04 Å². The number of likely N-dealkylation sites (N-methyl/N-ethyl adjacent to an activating group) is 1. The second-order valence-electron chi connectivity index (χ2n) is 7.00. The van der Waals surface area contributed by atoms with Crippen LogP contribution in [0.4, 0.5) is 0 Å². The van der Waals surface area contributed by atoms with Crippen molar-refractivity contribution >= 4 is 35.0 Å². The highest BCUT2D eigenvalue weighted by Crippen LogP contribution is 2.33. The summed E-state index contributed by atoms with van der Waals surface area (Å²) in [6.07, 6.45) is 1.28. The highest BCUT2D eigenvalue weighted by molar-refractivity contribution is 6.42. The zero-order valence-electron chi connectivity index (χ0n) is 16.9. The molecule has 2 aromatic carbocycles. The van der Waals surface area contributed by atoms with Crippen LogP contribution < -0.4 is 14.8 Å². The van der Waals surface area contributed by atoms with Gasteiger partial charge in [0.1, 0.15) is 6.04 Å². The van der Waals surface area contributed by atoms with Gasteiger partial charge in [0.05, 0.1) is 10.0 Å². The Kier molecular flexibility index (Phi) is 7.45. The SMILES string of the molecule is CC[C@H](C(=O)NC)N(Cc1ccc(Cl)c(Cl)c1)C(=O)CCc1ccc2c(c1)OCO2. The van der Waals surface area contributed by atoms with Crippen molar-refractivity contribution in [1.82, 2.24) is 10.2 Å². The lowest BCUT2D eigenvalue weighted by molar-refractivity contribution is -0.141. The van der Waals surface area contributed by atoms with E-state index in [0.717, 1.165) is 11.1 Å². The number of nitrogens with one attached hydrogen (secondary N) is 1. The molecular formula is C22H24Cl2N2O4. The van der Waals surface area contributed by atoms with Gasteiger partial charge in [-0.2, -0.15) is 0 Å². The molecule has 6 nitrogen and oxygen atoms in total. The number of nitrogens with zero attached hydrogens (tertiary/aromatic N) is 1. The fourth-order valence-electron chi connectivity index (χ4n) is 3.41. The van der Waals surface area contributed by atoms with Crippen LogP contribution in [0.3, 0.4) is 0 Å². The Balaban J connectivity index is 1.76. The maximum absolute atomic E-state index is 13.2. The van der Waals surface area contributed by atoms with Crippen molar-refractivity contribution in [2.45, 2.75) is 38.8 Å². The van der Waals surface area contributed by atoms with Crippen LogP contribution in [0.25, 0.3) is 0 Å². The summed E-state index contributed by atoms with van der Waals surface area (Å²) >= 11 is 12.1. The zero-order chi connectivity index (χ0) is 21.7. The molecular weight excluding hydrogens is 427 g/mol. The van der Waals surface area contributed by atoms with E-state index in [0.29, 0.717) is 34.4 Å². The minimum atomic E-state index is -0.575. The summed E-state index contributed by atoms with van der Waals surface area (Å²) in [4.78, 5) is 27.2. The molecule has 160 valence electrons. The lowest BCUT2D eigenvalue weighted by Gasteiger charge is -2.30. The topological polar surface area (TPSA) is 67.9 Å². The van der Waals surface area contributed by atoms with Gasteiger partial charge >= 0.3 is 0 Å². The zero-order valence-corrected chi connectivity index (χ0v) is 18.4. The number of fused-ring (bicyclic) bond motifs is 1. The molecule has 0 fully saturated rings. The quantitative estimate of drug-likeness (QED) is 0.653. The number of aryl methyl sites for hydroxylation is 1. The van der Waals surface area contributed by atoms with Gasteiger partial charge in [-0.05, 0) is 48.2 Å². The van der Waals surface area contributed by atoms with E-state index in [1.54, 1.807) is 24.1 Å². The number of amides is 2. The molecule has 0 aliphatic carbocycles. The molecule has 0 radical (unpaired) electrons. The van der Waals surface area contributed by atoms with Crippen LogP contribution in [-0.4, -0.2) is 36.6 Å². The number of rotatable bonds is 8. The van der Waals surface area contributed by atoms with Crippen LogP contribution >= 0.6 is 23.2 Å². The van der Waals surface area contributed by atoms with E-state index in [9.17, 15) is 9.59 Å². The predicted molar refractivity (Wildman–Crippen MR) is 116 cm³/mol. The largest absolute Gasteiger partial charge is 0.454 e. The first-order valence-corrected chi connectivity index (χ1v) is 10.5. The molecule has 30 heavy (non-hydrogen) atoms. The summed E-state index contributed by atoms with van der Waals surface area (Å²) in [7, 11) is 1.57. The highest BCUT2D eigenvalue weighted by atomic mass is 35.5. The van der Waals surface area contributed by atoms with Crippen molar-refractivity contribution < 1.29 is 19.1 Å². The summed E-state index contributed by atoms with van der Waals surface area (Å²) in [5, 5.41) is 3.51. The van der Waals surface area contributed by atoms with Crippen molar-refractivity contribution in [3.8, 4) is 11.5 Å². The predicted octanol–water partition coefficient (Wildman–Crippen LogP) is 4.21. The molecule has 8 heteroatoms. The summed E-state index contributed by atoms with van der Waals surface area (Å²) < 4.78 is 10.7. The first-order chi connectivity index (χ1) is 14.4. The molecule has 1 heterocycles. The third-order valence-corrected chi connectivity index (χ3v) is 5.77. The third kappa shape index (κ3) is 5.18. The smallest absolute Gasteiger partial charge is 0.242 e. The van der Waals surface area contributed by atoms with E-state index in [1.807, 2.05) is 31.2 Å². The highest BCUT2D eigenvalue weighted by Gasteiger charge is 2.28. The van der Waals surface area contributed by atoms with Crippen LogP contribution in [0.2, 0.25) is 10.0 Å². The Morgan fingerprint density at radius 2 is 1.80 bits per heavy atom. The second-order valence-corrected chi connectivity index (χ2v) is 7.81. The standard InChI is InChI=1S/C22H24Cl2N2O4/c1-3-18(22(28)25-2)26(12-15-4-7-16(23)17(24)10-15)21(27)9-6-14-5-8-19-20(11-14)30-13-29-19/h4-5,7-8,10-11,18H,3,6,9,12-13H2,1-2H3,(H,25,28)/t18-/m1/s1. The molecule has 1 aliphatic heterocycles. The lowest BCUT2D eigenvalue weighted by Crippen LogP contribution is -2.48. The Bertz CT molecular complexity index is 935. The first-order valence-electron chi connectivity index (χ1n) is 9.76. The van der Waals surface area contributed by atoms with Crippen molar-refractivity contribution in [2.75, 3.05) is 13.8 Å². The Morgan fingerprint density at radius 3 is 2.50 bits per heavy atom. The van der Waals surface area contributed by atoms with Crippen LogP contribution in [0.5, 0.6) is 11.5 Å². The Labute approximate surface area is 186 Å². The Hall–Kier alpha value is -2.44. The van der Waals surface area contributed by atoms with Crippen LogP contribution in [0.1, 0.15) is 30.9 Å². The van der Waals surface area contributed by atoms with E-state index in [2.05, 4.69) is 5.32 Å². The number of carbonyl (C=O) groups is 2. The maximum Gasteiger partial charge on any atom is 0.242 e. The third-order valence-electron chi connectivity index (χ3n) is 5.03. The summed E-state index contributed by atoms with van der Waals surface area (Å²) in [6.45, 7) is 2.36. The number of carbonyl (C=O) groups excluding carboxylic acids is 2. The number of hydrogen-bond donors (Lipinski definition) is 1. The fourth-order valence-corrected chi connectivity index (χ4v) is 3.73. The monoisotopic (exact) mass is 450 g/mol. The van der Waals surface area contributed by atoms with Gasteiger partial charge in [0, 0.05) is 20.0 Å². The van der Waals surface area contributed by atoms with E-state index in [-0.39, 0.29) is 31.6 Å². The van der Waals surface area contributed by atoms with Crippen molar-refractivity contribution in [3.63, 3.8) is 0 Å². The van der Waals surface area contributed by atoms with Crippen LogP contribution in [0, 0.1) is 0 Å². The normalized spacial score (nSPS) is 13.1. The number of benzene rings is 2. The number of hydrogen-bond acceptors (Lipinski definition) is 4. The van der Waals surface area contributed by atoms with Crippen molar-refractivity contribution in [1.29, 1.82) is 0 Å². The minimum Gasteiger partial charge on any atom is -0.454 e. The summed E-state index contributed by atoms with van der Waals surface area (Å²) in [6, 6.07) is 10.3. The van der Waals surface area contributed by atoms with Gasteiger partial charge in [-0.1, -0.05) is 42.3 Å².